The number of hydrogen-bond donors (Lipinski definition) is 0. The van der Waals surface area contributed by atoms with Gasteiger partial charge in [-0.05, 0) is 43.7 Å². The number of esters is 1. The van der Waals surface area contributed by atoms with Gasteiger partial charge in [0.25, 0.3) is 0 Å². The number of allylic oxidation sites excluding steroid dienone is 2. The first-order valence-corrected chi connectivity index (χ1v) is 9.10. The molecule has 7 heteroatoms. The first kappa shape index (κ1) is 20.1. The first-order valence-electron chi connectivity index (χ1n) is 9.10. The molecule has 3 rings (SSSR count). The van der Waals surface area contributed by atoms with Crippen molar-refractivity contribution in [1.29, 1.82) is 5.26 Å². The number of nitriles is 1. The third kappa shape index (κ3) is 3.69. The van der Waals surface area contributed by atoms with Crippen LogP contribution in [0.1, 0.15) is 25.3 Å². The Morgan fingerprint density at radius 3 is 2.48 bits per heavy atom. The molecule has 1 aromatic heterocycles. The molecule has 0 N–H and O–H groups in total. The molecule has 0 saturated carbocycles. The van der Waals surface area contributed by atoms with E-state index in [9.17, 15) is 10.1 Å². The zero-order valence-corrected chi connectivity index (χ0v) is 16.8. The summed E-state index contributed by atoms with van der Waals surface area (Å²) < 4.78 is 23.6. The molecular formula is C22H22N2O5. The van der Waals surface area contributed by atoms with Crippen molar-refractivity contribution >= 4 is 11.9 Å². The highest BCUT2D eigenvalue weighted by molar-refractivity contribution is 5.93. The van der Waals surface area contributed by atoms with Crippen LogP contribution in [-0.2, 0) is 14.3 Å². The Morgan fingerprint density at radius 1 is 1.21 bits per heavy atom. The van der Waals surface area contributed by atoms with Gasteiger partial charge in [-0.1, -0.05) is 6.07 Å². The fourth-order valence-corrected chi connectivity index (χ4v) is 3.34. The highest BCUT2D eigenvalue weighted by Crippen LogP contribution is 2.44. The van der Waals surface area contributed by atoms with Crippen molar-refractivity contribution in [3.63, 3.8) is 0 Å². The summed E-state index contributed by atoms with van der Waals surface area (Å²) in [5, 5.41) is 10.0. The molecule has 2 heterocycles. The number of aromatic nitrogens is 1. The third-order valence-electron chi connectivity index (χ3n) is 4.63. The number of nitrogens with zero attached hydrogens (tertiary/aromatic N) is 2. The molecule has 0 spiro atoms. The second-order valence-corrected chi connectivity index (χ2v) is 6.26. The molecule has 29 heavy (non-hydrogen) atoms. The summed E-state index contributed by atoms with van der Waals surface area (Å²) in [7, 11) is 3.08. The van der Waals surface area contributed by atoms with Crippen LogP contribution in [0.4, 0.5) is 0 Å². The fraction of sp³-hybridized carbons (Fsp3) is 0.273. The molecule has 1 aromatic carbocycles. The second-order valence-electron chi connectivity index (χ2n) is 6.26. The molecule has 0 fully saturated rings. The number of ether oxygens (including phenoxy) is 4. The van der Waals surface area contributed by atoms with Crippen LogP contribution in [0.3, 0.4) is 0 Å². The Labute approximate surface area is 169 Å². The highest BCUT2D eigenvalue weighted by atomic mass is 16.5. The second kappa shape index (κ2) is 8.57. The first-order chi connectivity index (χ1) is 14.0. The lowest BCUT2D eigenvalue weighted by Gasteiger charge is -2.29. The van der Waals surface area contributed by atoms with Gasteiger partial charge in [0.2, 0.25) is 5.88 Å². The Morgan fingerprint density at radius 2 is 1.90 bits per heavy atom. The van der Waals surface area contributed by atoms with Crippen LogP contribution in [0.25, 0.3) is 5.88 Å². The Bertz CT molecular complexity index is 1010. The van der Waals surface area contributed by atoms with Crippen molar-refractivity contribution < 1.29 is 23.7 Å². The van der Waals surface area contributed by atoms with Crippen molar-refractivity contribution in [2.45, 2.75) is 19.8 Å². The molecule has 0 saturated heterocycles. The lowest BCUT2D eigenvalue weighted by atomic mass is 9.83. The smallest absolute Gasteiger partial charge is 0.338 e. The van der Waals surface area contributed by atoms with Gasteiger partial charge in [0.05, 0.1) is 32.3 Å². The van der Waals surface area contributed by atoms with Crippen LogP contribution >= 0.6 is 0 Å². The molecule has 0 unspecified atom stereocenters. The van der Waals surface area contributed by atoms with E-state index < -0.39 is 11.9 Å². The molecule has 0 radical (unpaired) electrons. The number of carbonyl (C=O) groups is 1. The van der Waals surface area contributed by atoms with Gasteiger partial charge in [-0.15, -0.1) is 0 Å². The highest BCUT2D eigenvalue weighted by Gasteiger charge is 2.37. The molecule has 2 aromatic rings. The Balaban J connectivity index is 2.24. The molecule has 1 aliphatic rings. The summed E-state index contributed by atoms with van der Waals surface area (Å²) in [6.07, 6.45) is 3.56. The molecule has 1 aliphatic heterocycles. The van der Waals surface area contributed by atoms with Crippen molar-refractivity contribution in [2.75, 3.05) is 20.8 Å². The number of rotatable bonds is 6. The maximum absolute atomic E-state index is 12.8. The lowest BCUT2D eigenvalue weighted by molar-refractivity contribution is -0.139. The summed E-state index contributed by atoms with van der Waals surface area (Å²) in [5.74, 6) is 0.579. The van der Waals surface area contributed by atoms with Gasteiger partial charge >= 0.3 is 5.97 Å². The van der Waals surface area contributed by atoms with E-state index in [1.165, 1.54) is 7.11 Å². The summed E-state index contributed by atoms with van der Waals surface area (Å²) in [6, 6.07) is 11.2. The average Bonchev–Trinajstić information content (AvgIpc) is 3.27. The molecule has 0 aliphatic carbocycles. The van der Waals surface area contributed by atoms with Crippen LogP contribution in [0.5, 0.6) is 11.5 Å². The zero-order chi connectivity index (χ0) is 21.0. The maximum Gasteiger partial charge on any atom is 0.338 e. The summed E-state index contributed by atoms with van der Waals surface area (Å²) >= 11 is 0. The van der Waals surface area contributed by atoms with Crippen LogP contribution in [0.2, 0.25) is 0 Å². The third-order valence-corrected chi connectivity index (χ3v) is 4.63. The van der Waals surface area contributed by atoms with E-state index in [-0.39, 0.29) is 12.2 Å². The normalized spacial score (nSPS) is 16.2. The van der Waals surface area contributed by atoms with E-state index in [4.69, 9.17) is 18.9 Å². The lowest BCUT2D eigenvalue weighted by Crippen LogP contribution is -2.24. The van der Waals surface area contributed by atoms with E-state index >= 15 is 0 Å². The molecule has 1 atom stereocenters. The summed E-state index contributed by atoms with van der Waals surface area (Å²) in [5.41, 5.74) is 1.27. The predicted octanol–water partition coefficient (Wildman–Crippen LogP) is 3.85. The summed E-state index contributed by atoms with van der Waals surface area (Å²) in [6.45, 7) is 3.64. The number of hydrogen-bond acceptors (Lipinski definition) is 6. The SMILES string of the molecule is CCOC(=O)C1=C(C)OC(n2cccc2)=C(C#N)[C@H]1c1ccc(OC)c(OC)c1. The largest absolute Gasteiger partial charge is 0.493 e. The molecule has 7 nitrogen and oxygen atoms in total. The van der Waals surface area contributed by atoms with Gasteiger partial charge in [-0.3, -0.25) is 4.57 Å². The molecule has 150 valence electrons. The minimum Gasteiger partial charge on any atom is -0.493 e. The predicted molar refractivity (Wildman–Crippen MR) is 106 cm³/mol. The van der Waals surface area contributed by atoms with Gasteiger partial charge in [-0.2, -0.15) is 5.26 Å². The van der Waals surface area contributed by atoms with E-state index in [1.54, 1.807) is 56.1 Å². The van der Waals surface area contributed by atoms with Gasteiger partial charge in [0, 0.05) is 12.4 Å². The topological polar surface area (TPSA) is 82.7 Å². The standard InChI is InChI=1S/C22H22N2O5/c1-5-28-22(25)19-14(2)29-21(24-10-6-7-11-24)16(13-23)20(19)15-8-9-17(26-3)18(12-15)27-4/h6-12,20H,5H2,1-4H3/t20-/m1/s1. The van der Waals surface area contributed by atoms with Gasteiger partial charge in [0.15, 0.2) is 11.5 Å². The molecule has 0 amide bonds. The van der Waals surface area contributed by atoms with Crippen molar-refractivity contribution in [1.82, 2.24) is 4.57 Å². The molecular weight excluding hydrogens is 372 g/mol. The van der Waals surface area contributed by atoms with Gasteiger partial charge in [-0.25, -0.2) is 4.79 Å². The minimum atomic E-state index is -0.676. The fourth-order valence-electron chi connectivity index (χ4n) is 3.34. The van der Waals surface area contributed by atoms with Crippen LogP contribution in [0, 0.1) is 11.3 Å². The average molecular weight is 394 g/mol. The van der Waals surface area contributed by atoms with Crippen LogP contribution in [-0.4, -0.2) is 31.4 Å². The Kier molecular flexibility index (Phi) is 5.93. The minimum absolute atomic E-state index is 0.213. The van der Waals surface area contributed by atoms with E-state index in [2.05, 4.69) is 6.07 Å². The number of benzene rings is 1. The van der Waals surface area contributed by atoms with Crippen LogP contribution in [0.15, 0.2) is 59.6 Å². The van der Waals surface area contributed by atoms with E-state index in [0.29, 0.717) is 34.3 Å². The van der Waals surface area contributed by atoms with Crippen LogP contribution < -0.4 is 9.47 Å². The summed E-state index contributed by atoms with van der Waals surface area (Å²) in [4.78, 5) is 12.8. The van der Waals surface area contributed by atoms with Crippen molar-refractivity contribution in [3.05, 3.63) is 65.2 Å². The van der Waals surface area contributed by atoms with Gasteiger partial charge in [0.1, 0.15) is 17.4 Å². The monoisotopic (exact) mass is 394 g/mol. The number of methoxy groups -OCH3 is 2. The maximum atomic E-state index is 12.8. The molecule has 0 bridgehead atoms. The van der Waals surface area contributed by atoms with Gasteiger partial charge < -0.3 is 18.9 Å². The van der Waals surface area contributed by atoms with Crippen molar-refractivity contribution in [2.24, 2.45) is 0 Å². The zero-order valence-electron chi connectivity index (χ0n) is 16.8. The quantitative estimate of drug-likeness (QED) is 0.692. The van der Waals surface area contributed by atoms with Crippen molar-refractivity contribution in [3.8, 4) is 17.6 Å². The van der Waals surface area contributed by atoms with E-state index in [0.717, 1.165) is 0 Å². The van der Waals surface area contributed by atoms with E-state index in [1.807, 2.05) is 12.1 Å². The Hall–Kier alpha value is -3.66. The number of carbonyl (C=O) groups excluding carboxylic acids is 1.